The molecular weight excluding hydrogens is 712 g/mol. The van der Waals surface area contributed by atoms with E-state index >= 15 is 0 Å². The zero-order chi connectivity index (χ0) is 41.3. The summed E-state index contributed by atoms with van der Waals surface area (Å²) in [4.78, 5) is 82.9. The summed E-state index contributed by atoms with van der Waals surface area (Å²) in [6, 6.07) is -1.25. The predicted octanol–water partition coefficient (Wildman–Crippen LogP) is 6.65. The van der Waals surface area contributed by atoms with Crippen LogP contribution in [0.5, 0.6) is 0 Å². The third-order valence-corrected chi connectivity index (χ3v) is 9.44. The van der Waals surface area contributed by atoms with Crippen LogP contribution >= 0.6 is 0 Å². The summed E-state index contributed by atoms with van der Waals surface area (Å²) < 4.78 is 10.6. The van der Waals surface area contributed by atoms with Crippen molar-refractivity contribution in [2.45, 2.75) is 174 Å². The number of unbranched alkanes of at least 4 members (excludes halogenated alkanes) is 15. The fourth-order valence-electron chi connectivity index (χ4n) is 5.81. The number of hydrogen-bond donors (Lipinski definition) is 5. The van der Waals surface area contributed by atoms with E-state index < -0.39 is 52.9 Å². The number of Topliss-reactive ketones (excluding diaryl/α,β-unsaturated/α-hetero) is 2. The lowest BCUT2D eigenvalue weighted by Gasteiger charge is -2.16. The van der Waals surface area contributed by atoms with Crippen molar-refractivity contribution in [2.75, 3.05) is 33.0 Å². The van der Waals surface area contributed by atoms with Gasteiger partial charge in [0, 0.05) is 44.1 Å². The summed E-state index contributed by atoms with van der Waals surface area (Å²) in [5.41, 5.74) is -0.473. The Bertz CT molecular complexity index is 1120. The number of ether oxygens (including phenoxy) is 2. The minimum Gasteiger partial charge on any atom is -0.481 e. The summed E-state index contributed by atoms with van der Waals surface area (Å²) in [7, 11) is 0. The van der Waals surface area contributed by atoms with Gasteiger partial charge in [-0.25, -0.2) is 4.79 Å². The minimum atomic E-state index is -1.26. The molecule has 0 saturated carbocycles. The van der Waals surface area contributed by atoms with Gasteiger partial charge in [-0.2, -0.15) is 0 Å². The summed E-state index contributed by atoms with van der Waals surface area (Å²) in [6.07, 6.45) is 17.1. The largest absolute Gasteiger partial charge is 0.481 e. The van der Waals surface area contributed by atoms with Gasteiger partial charge in [0.1, 0.15) is 18.4 Å². The van der Waals surface area contributed by atoms with Gasteiger partial charge in [0.25, 0.3) is 0 Å². The van der Waals surface area contributed by atoms with Crippen LogP contribution in [0.15, 0.2) is 0 Å². The molecule has 0 aromatic heterocycles. The van der Waals surface area contributed by atoms with E-state index in [0.717, 1.165) is 44.9 Å². The van der Waals surface area contributed by atoms with Crippen molar-refractivity contribution >= 4 is 41.3 Å². The molecule has 0 aliphatic heterocycles. The molecule has 0 aromatic carbocycles. The second-order valence-electron chi connectivity index (χ2n) is 15.6. The Hall–Kier alpha value is -3.39. The molecule has 0 saturated heterocycles. The van der Waals surface area contributed by atoms with Crippen LogP contribution in [0.1, 0.15) is 168 Å². The van der Waals surface area contributed by atoms with Crippen LogP contribution in [0.4, 0.5) is 0 Å². The SMILES string of the molecule is CC(C)(C)C(=O)COCCOCCNC(=O)CC[C@H](CC(=O)CC[C@H](NC(=O)CCCCCCCCCCCCCCCCCCC(=O)O)C(=O)O)C(=O)O. The van der Waals surface area contributed by atoms with Gasteiger partial charge in [0.15, 0.2) is 5.78 Å². The summed E-state index contributed by atoms with van der Waals surface area (Å²) in [5, 5.41) is 32.9. The topological polar surface area (TPSA) is 223 Å². The van der Waals surface area contributed by atoms with E-state index in [4.69, 9.17) is 14.6 Å². The molecular formula is C41H72N2O12. The number of rotatable bonds is 38. The van der Waals surface area contributed by atoms with E-state index in [-0.39, 0.29) is 83.7 Å². The molecule has 0 spiro atoms. The lowest BCUT2D eigenvalue weighted by molar-refractivity contribution is -0.145. The van der Waals surface area contributed by atoms with Crippen LogP contribution < -0.4 is 10.6 Å². The normalized spacial score (nSPS) is 12.5. The molecule has 0 aliphatic rings. The molecule has 0 aliphatic carbocycles. The third kappa shape index (κ3) is 32.6. The van der Waals surface area contributed by atoms with Gasteiger partial charge < -0.3 is 35.4 Å². The van der Waals surface area contributed by atoms with Gasteiger partial charge in [-0.1, -0.05) is 111 Å². The van der Waals surface area contributed by atoms with Crippen LogP contribution in [-0.2, 0) is 43.0 Å². The molecule has 0 aromatic rings. The number of hydrogen-bond acceptors (Lipinski definition) is 9. The van der Waals surface area contributed by atoms with Gasteiger partial charge in [-0.3, -0.25) is 28.8 Å². The maximum atomic E-state index is 12.6. The first kappa shape index (κ1) is 51.6. The van der Waals surface area contributed by atoms with Crippen molar-refractivity contribution in [3.63, 3.8) is 0 Å². The number of nitrogens with one attached hydrogen (secondary N) is 2. The first-order chi connectivity index (χ1) is 26.1. The minimum absolute atomic E-state index is 0.000797. The predicted molar refractivity (Wildman–Crippen MR) is 209 cm³/mol. The summed E-state index contributed by atoms with van der Waals surface area (Å²) in [5.74, 6) is -5.54. The van der Waals surface area contributed by atoms with Gasteiger partial charge in [-0.15, -0.1) is 0 Å². The van der Waals surface area contributed by atoms with Crippen molar-refractivity contribution in [3.05, 3.63) is 0 Å². The molecule has 55 heavy (non-hydrogen) atoms. The maximum Gasteiger partial charge on any atom is 0.326 e. The molecule has 14 nitrogen and oxygen atoms in total. The average Bonchev–Trinajstić information content (AvgIpc) is 3.11. The molecule has 14 heteroatoms. The lowest BCUT2D eigenvalue weighted by Crippen LogP contribution is -2.41. The highest BCUT2D eigenvalue weighted by Crippen LogP contribution is 2.17. The zero-order valence-electron chi connectivity index (χ0n) is 34.0. The Labute approximate surface area is 328 Å². The third-order valence-electron chi connectivity index (χ3n) is 9.44. The molecule has 0 radical (unpaired) electrons. The molecule has 0 fully saturated rings. The molecule has 2 atom stereocenters. The second kappa shape index (κ2) is 32.8. The molecule has 0 heterocycles. The Balaban J connectivity index is 4.02. The average molecular weight is 785 g/mol. The first-order valence-electron chi connectivity index (χ1n) is 20.6. The van der Waals surface area contributed by atoms with E-state index in [0.29, 0.717) is 6.42 Å². The van der Waals surface area contributed by atoms with Crippen LogP contribution in [0.25, 0.3) is 0 Å². The molecule has 318 valence electrons. The summed E-state index contributed by atoms with van der Waals surface area (Å²) in [6.45, 7) is 6.32. The fraction of sp³-hybridized carbons (Fsp3) is 0.829. The van der Waals surface area contributed by atoms with Crippen molar-refractivity contribution in [1.82, 2.24) is 10.6 Å². The highest BCUT2D eigenvalue weighted by molar-refractivity contribution is 5.87. The van der Waals surface area contributed by atoms with Gasteiger partial charge >= 0.3 is 17.9 Å². The Morgan fingerprint density at radius 2 is 1.04 bits per heavy atom. The van der Waals surface area contributed by atoms with Gasteiger partial charge in [0.2, 0.25) is 11.8 Å². The van der Waals surface area contributed by atoms with E-state index in [1.165, 1.54) is 51.4 Å². The van der Waals surface area contributed by atoms with E-state index in [1.54, 1.807) is 0 Å². The number of aliphatic carboxylic acids is 3. The molecule has 5 N–H and O–H groups in total. The first-order valence-corrected chi connectivity index (χ1v) is 20.6. The molecule has 2 amide bonds. The smallest absolute Gasteiger partial charge is 0.326 e. The Kier molecular flexibility index (Phi) is 30.8. The van der Waals surface area contributed by atoms with Crippen molar-refractivity contribution in [1.29, 1.82) is 0 Å². The quantitative estimate of drug-likeness (QED) is 0.0416. The van der Waals surface area contributed by atoms with Crippen LogP contribution in [-0.4, -0.2) is 95.6 Å². The van der Waals surface area contributed by atoms with Crippen molar-refractivity contribution in [3.8, 4) is 0 Å². The van der Waals surface area contributed by atoms with Crippen LogP contribution in [0.3, 0.4) is 0 Å². The highest BCUT2D eigenvalue weighted by atomic mass is 16.5. The monoisotopic (exact) mass is 785 g/mol. The molecule has 0 bridgehead atoms. The second-order valence-corrected chi connectivity index (χ2v) is 15.6. The highest BCUT2D eigenvalue weighted by Gasteiger charge is 2.25. The van der Waals surface area contributed by atoms with Gasteiger partial charge in [-0.05, 0) is 25.7 Å². The van der Waals surface area contributed by atoms with E-state index in [9.17, 15) is 43.8 Å². The fourth-order valence-corrected chi connectivity index (χ4v) is 5.81. The number of ketones is 2. The number of carboxylic acid groups (broad SMARTS) is 3. The van der Waals surface area contributed by atoms with E-state index in [2.05, 4.69) is 10.6 Å². The Morgan fingerprint density at radius 3 is 1.51 bits per heavy atom. The summed E-state index contributed by atoms with van der Waals surface area (Å²) >= 11 is 0. The van der Waals surface area contributed by atoms with Crippen molar-refractivity contribution in [2.24, 2.45) is 11.3 Å². The standard InChI is InChI=1S/C41H72N2O12/c1-41(2,3)35(45)31-55-29-28-54-27-26-42-36(46)25-22-32(39(50)51)30-33(44)23-24-34(40(52)53)43-37(47)20-18-16-14-12-10-8-6-4-5-7-9-11-13-15-17-19-21-38(48)49/h32,34H,4-31H2,1-3H3,(H,42,46)(H,43,47)(H,48,49)(H,50,51)(H,52,53)/t32-,34+/m1/s1. The van der Waals surface area contributed by atoms with Crippen molar-refractivity contribution < 1.29 is 58.4 Å². The number of carbonyl (C=O) groups is 7. The lowest BCUT2D eigenvalue weighted by atomic mass is 9.91. The molecule has 0 unspecified atom stereocenters. The van der Waals surface area contributed by atoms with E-state index in [1.807, 2.05) is 20.8 Å². The zero-order valence-corrected chi connectivity index (χ0v) is 34.0. The molecule has 0 rings (SSSR count). The van der Waals surface area contributed by atoms with Crippen LogP contribution in [0, 0.1) is 11.3 Å². The number of carboxylic acids is 3. The number of carbonyl (C=O) groups excluding carboxylic acids is 4. The van der Waals surface area contributed by atoms with Gasteiger partial charge in [0.05, 0.1) is 25.7 Å². The Morgan fingerprint density at radius 1 is 0.545 bits per heavy atom. The maximum absolute atomic E-state index is 12.6. The van der Waals surface area contributed by atoms with Crippen LogP contribution in [0.2, 0.25) is 0 Å². The number of amides is 2.